The molecule has 136 valence electrons. The van der Waals surface area contributed by atoms with Crippen molar-refractivity contribution in [3.05, 3.63) is 59.2 Å². The Balaban J connectivity index is 2.22. The smallest absolute Gasteiger partial charge is 0.489 e. The van der Waals surface area contributed by atoms with Crippen LogP contribution in [0.2, 0.25) is 0 Å². The largest absolute Gasteiger partial charge is 0.573 e. The molecule has 0 N–H and O–H groups in total. The van der Waals surface area contributed by atoms with E-state index in [2.05, 4.69) is 18.6 Å². The molecule has 25 heavy (non-hydrogen) atoms. The van der Waals surface area contributed by atoms with Crippen molar-refractivity contribution in [2.24, 2.45) is 0 Å². The molecule has 0 atom stereocenters. The molecule has 0 aromatic heterocycles. The lowest BCUT2D eigenvalue weighted by Gasteiger charge is -2.18. The topological polar surface area (TPSA) is 18.5 Å². The Morgan fingerprint density at radius 1 is 0.840 bits per heavy atom. The zero-order valence-corrected chi connectivity index (χ0v) is 14.9. The minimum atomic E-state index is -4.71. The summed E-state index contributed by atoms with van der Waals surface area (Å²) in [5.41, 5.74) is 2.21. The number of hydrogen-bond acceptors (Lipinski definition) is 2. The van der Waals surface area contributed by atoms with Crippen molar-refractivity contribution in [1.29, 1.82) is 0 Å². The van der Waals surface area contributed by atoms with E-state index in [1.807, 2.05) is 38.1 Å². The van der Waals surface area contributed by atoms with Gasteiger partial charge in [0.1, 0.15) is 18.1 Å². The monoisotopic (exact) mass is 352 g/mol. The maximum absolute atomic E-state index is 12.7. The first-order valence-electron chi connectivity index (χ1n) is 8.27. The van der Waals surface area contributed by atoms with Gasteiger partial charge in [-0.2, -0.15) is 0 Å². The lowest BCUT2D eigenvalue weighted by molar-refractivity contribution is -0.275. The summed E-state index contributed by atoms with van der Waals surface area (Å²) in [6.45, 7) is 7.96. The van der Waals surface area contributed by atoms with Gasteiger partial charge in [-0.3, -0.25) is 0 Å². The molecule has 0 aliphatic rings. The van der Waals surface area contributed by atoms with Crippen molar-refractivity contribution in [1.82, 2.24) is 0 Å². The molecule has 0 amide bonds. The lowest BCUT2D eigenvalue weighted by atomic mass is 10.0. The minimum absolute atomic E-state index is 0.0750. The summed E-state index contributed by atoms with van der Waals surface area (Å²) < 4.78 is 48.0. The van der Waals surface area contributed by atoms with Crippen molar-refractivity contribution in [3.63, 3.8) is 0 Å². The Morgan fingerprint density at radius 3 is 2.04 bits per heavy atom. The third kappa shape index (κ3) is 5.41. The maximum atomic E-state index is 12.7. The molecule has 0 bridgehead atoms. The minimum Gasteiger partial charge on any atom is -0.489 e. The molecule has 0 heterocycles. The van der Waals surface area contributed by atoms with Gasteiger partial charge in [0.2, 0.25) is 0 Å². The molecule has 2 nitrogen and oxygen atoms in total. The van der Waals surface area contributed by atoms with Crippen molar-refractivity contribution in [2.45, 2.75) is 52.5 Å². The number of halogens is 3. The molecule has 0 aliphatic carbocycles. The average Bonchev–Trinajstić information content (AvgIpc) is 2.51. The average molecular weight is 352 g/mol. The quantitative estimate of drug-likeness (QED) is 0.598. The lowest BCUT2D eigenvalue weighted by Crippen LogP contribution is -2.18. The van der Waals surface area contributed by atoms with Crippen molar-refractivity contribution >= 4 is 0 Å². The van der Waals surface area contributed by atoms with E-state index < -0.39 is 6.36 Å². The van der Waals surface area contributed by atoms with Crippen LogP contribution in [-0.2, 0) is 6.61 Å². The number of alkyl halides is 3. The maximum Gasteiger partial charge on any atom is 0.573 e. The van der Waals surface area contributed by atoms with Crippen molar-refractivity contribution in [2.75, 3.05) is 0 Å². The van der Waals surface area contributed by atoms with Gasteiger partial charge in [-0.25, -0.2) is 0 Å². The summed E-state index contributed by atoms with van der Waals surface area (Å²) in [7, 11) is 0. The van der Waals surface area contributed by atoms with Crippen LogP contribution in [0.3, 0.4) is 0 Å². The molecule has 5 heteroatoms. The van der Waals surface area contributed by atoms with E-state index in [4.69, 9.17) is 4.74 Å². The van der Waals surface area contributed by atoms with E-state index >= 15 is 0 Å². The molecule has 0 radical (unpaired) electrons. The van der Waals surface area contributed by atoms with E-state index in [-0.39, 0.29) is 18.3 Å². The summed E-state index contributed by atoms with van der Waals surface area (Å²) in [4.78, 5) is 0. The molecule has 0 aliphatic heterocycles. The number of hydrogen-bond donors (Lipinski definition) is 0. The number of para-hydroxylation sites is 1. The zero-order chi connectivity index (χ0) is 18.6. The van der Waals surface area contributed by atoms with Gasteiger partial charge >= 0.3 is 6.36 Å². The Kier molecular flexibility index (Phi) is 5.98. The van der Waals surface area contributed by atoms with Crippen LogP contribution < -0.4 is 9.47 Å². The predicted octanol–water partition coefficient (Wildman–Crippen LogP) is 6.41. The molecule has 2 aromatic rings. The Morgan fingerprint density at radius 2 is 1.44 bits per heavy atom. The molecule has 0 spiro atoms. The zero-order valence-electron chi connectivity index (χ0n) is 14.9. The van der Waals surface area contributed by atoms with Gasteiger partial charge in [-0.15, -0.1) is 13.2 Å². The SMILES string of the molecule is CC(C)c1ccccc1OCc1ccc(C(C)C)c(OC(F)(F)F)c1. The van der Waals surface area contributed by atoms with E-state index in [1.54, 1.807) is 12.1 Å². The van der Waals surface area contributed by atoms with Gasteiger partial charge in [0.25, 0.3) is 0 Å². The van der Waals surface area contributed by atoms with Crippen LogP contribution in [0.15, 0.2) is 42.5 Å². The highest BCUT2D eigenvalue weighted by molar-refractivity contribution is 5.40. The summed E-state index contributed by atoms with van der Waals surface area (Å²) in [5.74, 6) is 0.794. The fraction of sp³-hybridized carbons (Fsp3) is 0.400. The van der Waals surface area contributed by atoms with Gasteiger partial charge in [-0.05, 0) is 40.7 Å². The first-order valence-corrected chi connectivity index (χ1v) is 8.27. The van der Waals surface area contributed by atoms with Gasteiger partial charge in [0.05, 0.1) is 0 Å². The predicted molar refractivity (Wildman–Crippen MR) is 92.1 cm³/mol. The van der Waals surface area contributed by atoms with Gasteiger partial charge in [0, 0.05) is 0 Å². The summed E-state index contributed by atoms with van der Waals surface area (Å²) >= 11 is 0. The van der Waals surface area contributed by atoms with Crippen LogP contribution >= 0.6 is 0 Å². The normalized spacial score (nSPS) is 11.9. The van der Waals surface area contributed by atoms with Crippen LogP contribution in [0.5, 0.6) is 11.5 Å². The van der Waals surface area contributed by atoms with Crippen LogP contribution in [-0.4, -0.2) is 6.36 Å². The van der Waals surface area contributed by atoms with Crippen LogP contribution in [0.25, 0.3) is 0 Å². The van der Waals surface area contributed by atoms with E-state index in [1.165, 1.54) is 6.07 Å². The van der Waals surface area contributed by atoms with Crippen molar-refractivity contribution < 1.29 is 22.6 Å². The van der Waals surface area contributed by atoms with Crippen LogP contribution in [0.4, 0.5) is 13.2 Å². The number of rotatable bonds is 6. The Bertz CT molecular complexity index is 706. The fourth-order valence-electron chi connectivity index (χ4n) is 2.61. The highest BCUT2D eigenvalue weighted by Crippen LogP contribution is 2.33. The molecule has 0 saturated carbocycles. The van der Waals surface area contributed by atoms with Gasteiger partial charge in [0.15, 0.2) is 0 Å². The Hall–Kier alpha value is -2.17. The summed E-state index contributed by atoms with van der Waals surface area (Å²) in [5, 5.41) is 0. The van der Waals surface area contributed by atoms with E-state index in [9.17, 15) is 13.2 Å². The summed E-state index contributed by atoms with van der Waals surface area (Å²) in [6, 6.07) is 12.5. The number of ether oxygens (including phenoxy) is 2. The second-order valence-electron chi connectivity index (χ2n) is 6.56. The first-order chi connectivity index (χ1) is 11.7. The number of benzene rings is 2. The highest BCUT2D eigenvalue weighted by atomic mass is 19.4. The molecule has 2 rings (SSSR count). The molecule has 0 fully saturated rings. The van der Waals surface area contributed by atoms with E-state index in [0.29, 0.717) is 17.0 Å². The fourth-order valence-corrected chi connectivity index (χ4v) is 2.61. The van der Waals surface area contributed by atoms with Gasteiger partial charge in [-0.1, -0.05) is 58.0 Å². The van der Waals surface area contributed by atoms with Crippen LogP contribution in [0.1, 0.15) is 56.2 Å². The molecular formula is C20H23F3O2. The van der Waals surface area contributed by atoms with Crippen LogP contribution in [0, 0.1) is 0 Å². The third-order valence-corrected chi connectivity index (χ3v) is 3.86. The second kappa shape index (κ2) is 7.81. The Labute approximate surface area is 146 Å². The standard InChI is InChI=1S/C20H23F3O2/c1-13(2)16-7-5-6-8-18(16)24-12-15-9-10-17(14(3)4)19(11-15)25-20(21,22)23/h5-11,13-14H,12H2,1-4H3. The molecule has 0 saturated heterocycles. The van der Waals surface area contributed by atoms with E-state index in [0.717, 1.165) is 11.3 Å². The van der Waals surface area contributed by atoms with Crippen molar-refractivity contribution in [3.8, 4) is 11.5 Å². The molecule has 0 unspecified atom stereocenters. The van der Waals surface area contributed by atoms with Gasteiger partial charge < -0.3 is 9.47 Å². The first kappa shape index (κ1) is 19.2. The highest BCUT2D eigenvalue weighted by Gasteiger charge is 2.32. The summed E-state index contributed by atoms with van der Waals surface area (Å²) in [6.07, 6.45) is -4.71. The third-order valence-electron chi connectivity index (χ3n) is 3.86. The second-order valence-corrected chi connectivity index (χ2v) is 6.56. The molecule has 2 aromatic carbocycles. The molecular weight excluding hydrogens is 329 g/mol.